The molecule has 1 N–H and O–H groups in total. The Kier molecular flexibility index (Phi) is 6.97. The van der Waals surface area contributed by atoms with Gasteiger partial charge in [0.1, 0.15) is 0 Å². The Bertz CT molecular complexity index is 1010. The van der Waals surface area contributed by atoms with Crippen LogP contribution in [-0.4, -0.2) is 28.2 Å². The van der Waals surface area contributed by atoms with Crippen molar-refractivity contribution in [3.05, 3.63) is 43.0 Å². The number of H-pyrrole nitrogens is 1. The van der Waals surface area contributed by atoms with Gasteiger partial charge >= 0.3 is 0 Å². The fourth-order valence-corrected chi connectivity index (χ4v) is 6.60. The number of unbranched alkanes of at least 4 members (excludes halogenated alkanes) is 5. The van der Waals surface area contributed by atoms with Gasteiger partial charge in [-0.2, -0.15) is 0 Å². The van der Waals surface area contributed by atoms with Gasteiger partial charge in [-0.1, -0.05) is 39.0 Å². The fraction of sp³-hybridized carbons (Fsp3) is 0.364. The van der Waals surface area contributed by atoms with E-state index in [1.807, 2.05) is 24.3 Å². The molecule has 0 saturated carbocycles. The highest BCUT2D eigenvalue weighted by molar-refractivity contribution is 9.11. The molecule has 0 atom stereocenters. The van der Waals surface area contributed by atoms with E-state index in [-0.39, 0.29) is 11.8 Å². The van der Waals surface area contributed by atoms with Gasteiger partial charge in [0.2, 0.25) is 0 Å². The van der Waals surface area contributed by atoms with E-state index in [0.717, 1.165) is 48.0 Å². The number of rotatable bonds is 9. The van der Waals surface area contributed by atoms with Crippen LogP contribution >= 0.6 is 54.5 Å². The van der Waals surface area contributed by atoms with E-state index in [1.165, 1.54) is 24.2 Å². The molecule has 4 heterocycles. The average Bonchev–Trinajstić information content (AvgIpc) is 3.47. The minimum atomic E-state index is -0.179. The fourth-order valence-electron chi connectivity index (χ4n) is 3.81. The van der Waals surface area contributed by atoms with Gasteiger partial charge in [0, 0.05) is 6.54 Å². The number of fused-ring (bicyclic) bond motifs is 1. The average molecular weight is 570 g/mol. The third-order valence-electron chi connectivity index (χ3n) is 5.29. The van der Waals surface area contributed by atoms with Crippen molar-refractivity contribution in [3.63, 3.8) is 0 Å². The van der Waals surface area contributed by atoms with E-state index in [2.05, 4.69) is 43.8 Å². The predicted octanol–water partition coefficient (Wildman–Crippen LogP) is 7.95. The molecule has 0 aromatic carbocycles. The lowest BCUT2D eigenvalue weighted by atomic mass is 10.1. The van der Waals surface area contributed by atoms with Gasteiger partial charge in [-0.05, 0) is 62.5 Å². The van der Waals surface area contributed by atoms with Crippen LogP contribution in [0.15, 0.2) is 31.8 Å². The topological polar surface area (TPSA) is 53.2 Å². The highest BCUT2D eigenvalue weighted by Crippen LogP contribution is 2.44. The number of hydrogen-bond acceptors (Lipinski definition) is 4. The molecule has 0 radical (unpaired) electrons. The van der Waals surface area contributed by atoms with Crippen molar-refractivity contribution in [2.75, 3.05) is 6.54 Å². The first kappa shape index (κ1) is 22.0. The van der Waals surface area contributed by atoms with Gasteiger partial charge in [0.15, 0.2) is 0 Å². The van der Waals surface area contributed by atoms with Crippen LogP contribution in [0.25, 0.3) is 21.1 Å². The first-order valence-corrected chi connectivity index (χ1v) is 13.4. The number of halogens is 2. The van der Waals surface area contributed by atoms with E-state index in [9.17, 15) is 9.59 Å². The standard InChI is InChI=1S/C22H22Br2N2O2S2/c1-2-3-4-5-6-7-12-26-21(27)17-18(22(26)28)20(14-9-11-16(24)30-14)25-19(17)13-8-10-15(23)29-13/h8-11,25H,2-7,12H2,1H3. The number of aromatic nitrogens is 1. The molecular weight excluding hydrogens is 548 g/mol. The molecule has 2 amide bonds. The smallest absolute Gasteiger partial charge is 0.263 e. The summed E-state index contributed by atoms with van der Waals surface area (Å²) in [4.78, 5) is 33.3. The Morgan fingerprint density at radius 3 is 1.77 bits per heavy atom. The van der Waals surface area contributed by atoms with Crippen molar-refractivity contribution < 1.29 is 9.59 Å². The lowest BCUT2D eigenvalue weighted by molar-refractivity contribution is 0.0651. The van der Waals surface area contributed by atoms with Gasteiger partial charge in [-0.15, -0.1) is 22.7 Å². The molecule has 0 spiro atoms. The third kappa shape index (κ3) is 4.24. The van der Waals surface area contributed by atoms with E-state index in [4.69, 9.17) is 0 Å². The Labute approximate surface area is 200 Å². The van der Waals surface area contributed by atoms with Gasteiger partial charge < -0.3 is 4.98 Å². The summed E-state index contributed by atoms with van der Waals surface area (Å²) in [7, 11) is 0. The second-order valence-corrected chi connectivity index (χ2v) is 12.3. The molecule has 0 fully saturated rings. The van der Waals surface area contributed by atoms with Crippen molar-refractivity contribution >= 4 is 66.3 Å². The monoisotopic (exact) mass is 568 g/mol. The Balaban J connectivity index is 1.65. The van der Waals surface area contributed by atoms with E-state index in [1.54, 1.807) is 22.7 Å². The first-order valence-electron chi connectivity index (χ1n) is 10.1. The molecular formula is C22H22Br2N2O2S2. The molecule has 8 heteroatoms. The van der Waals surface area contributed by atoms with Crippen LogP contribution in [0.3, 0.4) is 0 Å². The first-order chi connectivity index (χ1) is 14.5. The van der Waals surface area contributed by atoms with Crippen LogP contribution < -0.4 is 0 Å². The Morgan fingerprint density at radius 1 is 0.800 bits per heavy atom. The maximum absolute atomic E-state index is 13.3. The molecule has 3 aromatic heterocycles. The summed E-state index contributed by atoms with van der Waals surface area (Å²) in [5, 5.41) is 0. The summed E-state index contributed by atoms with van der Waals surface area (Å²) in [6.45, 7) is 2.68. The molecule has 1 aliphatic heterocycles. The largest absolute Gasteiger partial charge is 0.352 e. The SMILES string of the molecule is CCCCCCCCN1C(=O)c2c(-c3ccc(Br)s3)[nH]c(-c3ccc(Br)s3)c2C1=O. The van der Waals surface area contributed by atoms with Crippen LogP contribution in [-0.2, 0) is 0 Å². The summed E-state index contributed by atoms with van der Waals surface area (Å²) < 4.78 is 1.98. The summed E-state index contributed by atoms with van der Waals surface area (Å²) in [5.41, 5.74) is 2.51. The minimum Gasteiger partial charge on any atom is -0.352 e. The zero-order valence-corrected chi connectivity index (χ0v) is 21.4. The van der Waals surface area contributed by atoms with Crippen LogP contribution in [0.4, 0.5) is 0 Å². The van der Waals surface area contributed by atoms with Crippen molar-refractivity contribution in [2.24, 2.45) is 0 Å². The predicted molar refractivity (Wildman–Crippen MR) is 132 cm³/mol. The molecule has 0 aliphatic carbocycles. The van der Waals surface area contributed by atoms with Crippen LogP contribution in [0.2, 0.25) is 0 Å². The number of aromatic amines is 1. The van der Waals surface area contributed by atoms with Gasteiger partial charge in [-0.25, -0.2) is 0 Å². The van der Waals surface area contributed by atoms with Gasteiger partial charge in [-0.3, -0.25) is 14.5 Å². The number of imide groups is 1. The van der Waals surface area contributed by atoms with Crippen molar-refractivity contribution in [1.29, 1.82) is 0 Å². The minimum absolute atomic E-state index is 0.179. The highest BCUT2D eigenvalue weighted by atomic mass is 79.9. The second kappa shape index (κ2) is 9.51. The lowest BCUT2D eigenvalue weighted by Crippen LogP contribution is -2.31. The maximum atomic E-state index is 13.3. The number of carbonyl (C=O) groups is 2. The summed E-state index contributed by atoms with van der Waals surface area (Å²) >= 11 is 10.1. The number of nitrogens with one attached hydrogen (secondary N) is 1. The van der Waals surface area contributed by atoms with Crippen LogP contribution in [0.1, 0.15) is 66.2 Å². The number of hydrogen-bond donors (Lipinski definition) is 1. The zero-order valence-electron chi connectivity index (χ0n) is 16.6. The van der Waals surface area contributed by atoms with E-state index >= 15 is 0 Å². The number of thiophene rings is 2. The summed E-state index contributed by atoms with van der Waals surface area (Å²) in [5.74, 6) is -0.359. The molecule has 0 bridgehead atoms. The van der Waals surface area contributed by atoms with Gasteiger partial charge in [0.25, 0.3) is 11.8 Å². The highest BCUT2D eigenvalue weighted by Gasteiger charge is 2.42. The van der Waals surface area contributed by atoms with E-state index in [0.29, 0.717) is 17.7 Å². The third-order valence-corrected chi connectivity index (χ3v) is 8.57. The molecule has 0 unspecified atom stereocenters. The molecule has 0 saturated heterocycles. The van der Waals surface area contributed by atoms with Crippen molar-refractivity contribution in [2.45, 2.75) is 45.4 Å². The Morgan fingerprint density at radius 2 is 1.30 bits per heavy atom. The van der Waals surface area contributed by atoms with E-state index < -0.39 is 0 Å². The number of carbonyl (C=O) groups excluding carboxylic acids is 2. The van der Waals surface area contributed by atoms with Crippen LogP contribution in [0.5, 0.6) is 0 Å². The number of nitrogens with zero attached hydrogens (tertiary/aromatic N) is 1. The molecule has 4 nitrogen and oxygen atoms in total. The molecule has 158 valence electrons. The number of amides is 2. The van der Waals surface area contributed by atoms with Gasteiger partial charge in [0.05, 0.1) is 39.8 Å². The molecule has 1 aliphatic rings. The Hall–Kier alpha value is -1.22. The summed E-state index contributed by atoms with van der Waals surface area (Å²) in [6.07, 6.45) is 6.72. The molecule has 3 aromatic rings. The van der Waals surface area contributed by atoms with Crippen molar-refractivity contribution in [1.82, 2.24) is 9.88 Å². The lowest BCUT2D eigenvalue weighted by Gasteiger charge is -2.15. The van der Waals surface area contributed by atoms with Crippen molar-refractivity contribution in [3.8, 4) is 21.1 Å². The normalized spacial score (nSPS) is 13.5. The maximum Gasteiger partial charge on any atom is 0.263 e. The summed E-state index contributed by atoms with van der Waals surface area (Å²) in [6, 6.07) is 7.88. The quantitative estimate of drug-likeness (QED) is 0.210. The van der Waals surface area contributed by atoms with Crippen LogP contribution in [0, 0.1) is 0 Å². The molecule has 30 heavy (non-hydrogen) atoms. The zero-order chi connectivity index (χ0) is 21.3. The molecule has 4 rings (SSSR count). The second-order valence-electron chi connectivity index (χ2n) is 7.36.